The van der Waals surface area contributed by atoms with Gasteiger partial charge in [0.2, 0.25) is 0 Å². The van der Waals surface area contributed by atoms with E-state index in [2.05, 4.69) is 29.2 Å². The zero-order chi connectivity index (χ0) is 13.0. The van der Waals surface area contributed by atoms with Crippen molar-refractivity contribution in [2.24, 2.45) is 5.84 Å². The Labute approximate surface area is 108 Å². The molecule has 0 saturated carbocycles. The Morgan fingerprint density at radius 3 is 3.17 bits per heavy atom. The molecule has 0 amide bonds. The molecule has 1 aliphatic heterocycles. The Morgan fingerprint density at radius 2 is 2.50 bits per heavy atom. The van der Waals surface area contributed by atoms with Crippen molar-refractivity contribution in [1.82, 2.24) is 15.3 Å². The summed E-state index contributed by atoms with van der Waals surface area (Å²) in [6, 6.07) is 1.99. The summed E-state index contributed by atoms with van der Waals surface area (Å²) in [4.78, 5) is 6.56. The van der Waals surface area contributed by atoms with Crippen molar-refractivity contribution in [2.75, 3.05) is 26.2 Å². The molecule has 2 rings (SSSR count). The third kappa shape index (κ3) is 2.87. The number of nitrogens with one attached hydrogen (secondary N) is 1. The first-order chi connectivity index (χ1) is 8.76. The van der Waals surface area contributed by atoms with Crippen LogP contribution >= 0.6 is 0 Å². The Bertz CT molecular complexity index is 385. The lowest BCUT2D eigenvalue weighted by molar-refractivity contribution is -0.0458. The first-order valence-corrected chi connectivity index (χ1v) is 6.46. The van der Waals surface area contributed by atoms with Gasteiger partial charge in [0.05, 0.1) is 18.8 Å². The van der Waals surface area contributed by atoms with E-state index in [0.29, 0.717) is 0 Å². The SMILES string of the molecule is CCN1CCOC(C(NN)c2cnccc2C)C1. The first-order valence-electron chi connectivity index (χ1n) is 6.46. The maximum Gasteiger partial charge on any atom is 0.0910 e. The molecule has 1 saturated heterocycles. The topological polar surface area (TPSA) is 63.4 Å². The normalized spacial score (nSPS) is 22.9. The van der Waals surface area contributed by atoms with Gasteiger partial charge < -0.3 is 4.74 Å². The molecule has 0 radical (unpaired) electrons. The number of hydrogen-bond donors (Lipinski definition) is 2. The minimum atomic E-state index is -0.00644. The molecule has 1 fully saturated rings. The van der Waals surface area contributed by atoms with Crippen LogP contribution in [0.2, 0.25) is 0 Å². The van der Waals surface area contributed by atoms with Crippen molar-refractivity contribution in [1.29, 1.82) is 0 Å². The molecule has 1 aliphatic rings. The molecule has 5 nitrogen and oxygen atoms in total. The van der Waals surface area contributed by atoms with Gasteiger partial charge in [-0.3, -0.25) is 21.2 Å². The summed E-state index contributed by atoms with van der Waals surface area (Å²) in [6.45, 7) is 7.94. The second-order valence-electron chi connectivity index (χ2n) is 4.68. The van der Waals surface area contributed by atoms with Gasteiger partial charge in [-0.1, -0.05) is 6.92 Å². The third-order valence-corrected chi connectivity index (χ3v) is 3.59. The van der Waals surface area contributed by atoms with Gasteiger partial charge in [0.25, 0.3) is 0 Å². The van der Waals surface area contributed by atoms with Gasteiger partial charge in [0.15, 0.2) is 0 Å². The fourth-order valence-corrected chi connectivity index (χ4v) is 2.42. The molecule has 5 heteroatoms. The van der Waals surface area contributed by atoms with E-state index in [0.717, 1.165) is 31.8 Å². The number of likely N-dealkylation sites (N-methyl/N-ethyl adjacent to an activating group) is 1. The number of nitrogens with two attached hydrogens (primary N) is 1. The second kappa shape index (κ2) is 6.24. The summed E-state index contributed by atoms with van der Waals surface area (Å²) >= 11 is 0. The van der Waals surface area contributed by atoms with Crippen LogP contribution in [0.15, 0.2) is 18.5 Å². The van der Waals surface area contributed by atoms with Crippen molar-refractivity contribution in [3.63, 3.8) is 0 Å². The van der Waals surface area contributed by atoms with E-state index < -0.39 is 0 Å². The molecular weight excluding hydrogens is 228 g/mol. The fourth-order valence-electron chi connectivity index (χ4n) is 2.42. The number of morpholine rings is 1. The van der Waals surface area contributed by atoms with Gasteiger partial charge in [-0.05, 0) is 30.7 Å². The summed E-state index contributed by atoms with van der Waals surface area (Å²) in [5.41, 5.74) is 5.18. The summed E-state index contributed by atoms with van der Waals surface area (Å²) in [7, 11) is 0. The lowest BCUT2D eigenvalue weighted by Crippen LogP contribution is -2.49. The van der Waals surface area contributed by atoms with Gasteiger partial charge in [-0.25, -0.2) is 0 Å². The molecule has 0 spiro atoms. The Morgan fingerprint density at radius 1 is 1.67 bits per heavy atom. The summed E-state index contributed by atoms with van der Waals surface area (Å²) in [5, 5.41) is 0. The lowest BCUT2D eigenvalue weighted by atomic mass is 9.98. The molecule has 0 aliphatic carbocycles. The average molecular weight is 250 g/mol. The van der Waals surface area contributed by atoms with Crippen LogP contribution in [0.1, 0.15) is 24.1 Å². The van der Waals surface area contributed by atoms with Gasteiger partial charge in [-0.2, -0.15) is 0 Å². The predicted molar refractivity (Wildman–Crippen MR) is 70.9 cm³/mol. The quantitative estimate of drug-likeness (QED) is 0.606. The Balaban J connectivity index is 2.15. The highest BCUT2D eigenvalue weighted by Gasteiger charge is 2.29. The molecule has 3 N–H and O–H groups in total. The molecule has 1 aromatic rings. The van der Waals surface area contributed by atoms with E-state index in [1.165, 1.54) is 5.56 Å². The molecule has 100 valence electrons. The highest BCUT2D eigenvalue weighted by molar-refractivity contribution is 5.26. The van der Waals surface area contributed by atoms with Crippen LogP contribution in [0, 0.1) is 6.92 Å². The van der Waals surface area contributed by atoms with E-state index in [-0.39, 0.29) is 12.1 Å². The van der Waals surface area contributed by atoms with Crippen molar-refractivity contribution < 1.29 is 4.74 Å². The minimum Gasteiger partial charge on any atom is -0.374 e. The number of nitrogens with zero attached hydrogens (tertiary/aromatic N) is 2. The van der Waals surface area contributed by atoms with Gasteiger partial charge in [0, 0.05) is 25.5 Å². The molecule has 18 heavy (non-hydrogen) atoms. The predicted octanol–water partition coefficient (Wildman–Crippen LogP) is 0.615. The number of aromatic nitrogens is 1. The minimum absolute atomic E-state index is 0.00644. The lowest BCUT2D eigenvalue weighted by Gasteiger charge is -2.36. The van der Waals surface area contributed by atoms with Crippen LogP contribution in [0.25, 0.3) is 0 Å². The maximum absolute atomic E-state index is 5.86. The summed E-state index contributed by atoms with van der Waals surface area (Å²) in [5.74, 6) is 5.72. The molecule has 1 aromatic heterocycles. The molecule has 0 aromatic carbocycles. The smallest absolute Gasteiger partial charge is 0.0910 e. The second-order valence-corrected chi connectivity index (χ2v) is 4.68. The van der Waals surface area contributed by atoms with E-state index in [9.17, 15) is 0 Å². The zero-order valence-electron chi connectivity index (χ0n) is 11.1. The monoisotopic (exact) mass is 250 g/mol. The van der Waals surface area contributed by atoms with E-state index in [4.69, 9.17) is 10.6 Å². The van der Waals surface area contributed by atoms with Crippen LogP contribution in [-0.2, 0) is 4.74 Å². The third-order valence-electron chi connectivity index (χ3n) is 3.59. The Hall–Kier alpha value is -1.01. The number of hydrazine groups is 1. The van der Waals surface area contributed by atoms with Gasteiger partial charge >= 0.3 is 0 Å². The highest BCUT2D eigenvalue weighted by Crippen LogP contribution is 2.23. The van der Waals surface area contributed by atoms with E-state index >= 15 is 0 Å². The number of ether oxygens (including phenoxy) is 1. The van der Waals surface area contributed by atoms with Crippen molar-refractivity contribution in [3.8, 4) is 0 Å². The number of hydrogen-bond acceptors (Lipinski definition) is 5. The zero-order valence-corrected chi connectivity index (χ0v) is 11.1. The van der Waals surface area contributed by atoms with Crippen LogP contribution in [0.5, 0.6) is 0 Å². The van der Waals surface area contributed by atoms with Crippen molar-refractivity contribution in [2.45, 2.75) is 26.0 Å². The average Bonchev–Trinajstić information content (AvgIpc) is 2.42. The number of rotatable bonds is 4. The van der Waals surface area contributed by atoms with Crippen LogP contribution in [-0.4, -0.2) is 42.2 Å². The van der Waals surface area contributed by atoms with Gasteiger partial charge in [-0.15, -0.1) is 0 Å². The highest BCUT2D eigenvalue weighted by atomic mass is 16.5. The van der Waals surface area contributed by atoms with E-state index in [1.54, 1.807) is 6.20 Å². The fraction of sp³-hybridized carbons (Fsp3) is 0.615. The standard InChI is InChI=1S/C13H22N4O/c1-3-17-6-7-18-12(9-17)13(16-14)11-8-15-5-4-10(11)2/h4-5,8,12-13,16H,3,6-7,9,14H2,1-2H3. The number of pyridine rings is 1. The molecule has 2 atom stereocenters. The van der Waals surface area contributed by atoms with Gasteiger partial charge in [0.1, 0.15) is 0 Å². The largest absolute Gasteiger partial charge is 0.374 e. The van der Waals surface area contributed by atoms with Crippen molar-refractivity contribution >= 4 is 0 Å². The van der Waals surface area contributed by atoms with Crippen LogP contribution < -0.4 is 11.3 Å². The van der Waals surface area contributed by atoms with Crippen LogP contribution in [0.4, 0.5) is 0 Å². The summed E-state index contributed by atoms with van der Waals surface area (Å²) in [6.07, 6.45) is 3.74. The van der Waals surface area contributed by atoms with Crippen LogP contribution in [0.3, 0.4) is 0 Å². The first kappa shape index (κ1) is 13.4. The Kier molecular flexibility index (Phi) is 4.66. The molecule has 0 bridgehead atoms. The maximum atomic E-state index is 5.86. The number of aryl methyl sites for hydroxylation is 1. The molecular formula is C13H22N4O. The summed E-state index contributed by atoms with van der Waals surface area (Å²) < 4.78 is 5.86. The molecule has 2 unspecified atom stereocenters. The van der Waals surface area contributed by atoms with Crippen molar-refractivity contribution in [3.05, 3.63) is 29.6 Å². The van der Waals surface area contributed by atoms with E-state index in [1.807, 2.05) is 12.3 Å². The molecule has 2 heterocycles.